The number of aliphatic hydroxyl groups excluding tert-OH is 1. The Bertz CT molecular complexity index is 586. The molecule has 120 valence electrons. The quantitative estimate of drug-likeness (QED) is 0.869. The van der Waals surface area contributed by atoms with Gasteiger partial charge in [0.15, 0.2) is 11.5 Å². The summed E-state index contributed by atoms with van der Waals surface area (Å²) < 4.78 is 10.8. The van der Waals surface area contributed by atoms with Gasteiger partial charge in [-0.1, -0.05) is 25.1 Å². The Balaban J connectivity index is 2.10. The molecule has 0 aromatic heterocycles. The molecule has 1 aliphatic carbocycles. The fraction of sp³-hybridized carbons (Fsp3) is 0.556. The van der Waals surface area contributed by atoms with Gasteiger partial charge in [0.25, 0.3) is 0 Å². The molecule has 3 rings (SSSR count). The predicted molar refractivity (Wildman–Crippen MR) is 86.6 cm³/mol. The Morgan fingerprint density at radius 3 is 2.64 bits per heavy atom. The van der Waals surface area contributed by atoms with Crippen LogP contribution in [0.2, 0.25) is 0 Å². The van der Waals surface area contributed by atoms with E-state index < -0.39 is 0 Å². The highest BCUT2D eigenvalue weighted by atomic mass is 16.5. The van der Waals surface area contributed by atoms with Crippen LogP contribution in [-0.4, -0.2) is 50.0 Å². The molecule has 1 aliphatic heterocycles. The van der Waals surface area contributed by atoms with E-state index >= 15 is 0 Å². The summed E-state index contributed by atoms with van der Waals surface area (Å²) >= 11 is 0. The zero-order valence-electron chi connectivity index (χ0n) is 13.7. The van der Waals surface area contributed by atoms with Gasteiger partial charge in [0.2, 0.25) is 0 Å². The van der Waals surface area contributed by atoms with E-state index in [9.17, 15) is 5.11 Å². The molecule has 22 heavy (non-hydrogen) atoms. The average molecular weight is 303 g/mol. The van der Waals surface area contributed by atoms with Gasteiger partial charge in [-0.2, -0.15) is 0 Å². The number of ether oxygens (including phenoxy) is 2. The first-order valence-electron chi connectivity index (χ1n) is 7.83. The van der Waals surface area contributed by atoms with Crippen molar-refractivity contribution in [3.8, 4) is 11.5 Å². The van der Waals surface area contributed by atoms with Crippen LogP contribution in [0.1, 0.15) is 18.9 Å². The standard InChI is InChI=1S/C18H25NO3/c1-12-14(20)7-8-18(9-10-19(2)17(12)18)13-5-6-15(21-3)16(11-13)22-4/h5-8,11-12,14,17,20H,9-10H2,1-4H3/t12-,14-,17-,18-/m0/s1. The number of rotatable bonds is 3. The van der Waals surface area contributed by atoms with Crippen molar-refractivity contribution in [2.75, 3.05) is 27.8 Å². The van der Waals surface area contributed by atoms with Crippen LogP contribution in [0.25, 0.3) is 0 Å². The van der Waals surface area contributed by atoms with E-state index in [-0.39, 0.29) is 17.4 Å². The van der Waals surface area contributed by atoms with E-state index in [4.69, 9.17) is 9.47 Å². The normalized spacial score (nSPS) is 34.5. The van der Waals surface area contributed by atoms with Gasteiger partial charge in [-0.25, -0.2) is 0 Å². The van der Waals surface area contributed by atoms with Crippen molar-refractivity contribution in [2.45, 2.75) is 30.9 Å². The molecule has 1 heterocycles. The zero-order chi connectivity index (χ0) is 15.9. The molecule has 1 fully saturated rings. The number of aliphatic hydroxyl groups is 1. The third kappa shape index (κ3) is 2.13. The summed E-state index contributed by atoms with van der Waals surface area (Å²) in [4.78, 5) is 2.37. The van der Waals surface area contributed by atoms with E-state index in [1.807, 2.05) is 12.1 Å². The maximum atomic E-state index is 10.2. The molecule has 1 saturated heterocycles. The minimum absolute atomic E-state index is 0.0626. The Morgan fingerprint density at radius 1 is 1.23 bits per heavy atom. The maximum absolute atomic E-state index is 10.2. The lowest BCUT2D eigenvalue weighted by Crippen LogP contribution is -2.50. The SMILES string of the molecule is COc1ccc([C@@]23C=C[C@H](O)[C@H](C)[C@@H]2N(C)CC3)cc1OC. The van der Waals surface area contributed by atoms with Gasteiger partial charge < -0.3 is 19.5 Å². The van der Waals surface area contributed by atoms with Crippen molar-refractivity contribution in [1.29, 1.82) is 0 Å². The Kier molecular flexibility index (Phi) is 3.91. The first kappa shape index (κ1) is 15.4. The molecule has 0 amide bonds. The molecule has 4 nitrogen and oxygen atoms in total. The summed E-state index contributed by atoms with van der Waals surface area (Å²) in [7, 11) is 5.47. The molecule has 2 aliphatic rings. The Morgan fingerprint density at radius 2 is 1.95 bits per heavy atom. The summed E-state index contributed by atoms with van der Waals surface area (Å²) in [6.45, 7) is 3.16. The van der Waals surface area contributed by atoms with Gasteiger partial charge in [0.05, 0.1) is 20.3 Å². The number of hydrogen-bond donors (Lipinski definition) is 1. The summed E-state index contributed by atoms with van der Waals surface area (Å²) in [6.07, 6.45) is 4.83. The molecule has 1 aromatic rings. The molecular formula is C18H25NO3. The largest absolute Gasteiger partial charge is 0.493 e. The Hall–Kier alpha value is -1.52. The smallest absolute Gasteiger partial charge is 0.161 e. The van der Waals surface area contributed by atoms with E-state index in [1.54, 1.807) is 14.2 Å². The lowest BCUT2D eigenvalue weighted by atomic mass is 9.66. The summed E-state index contributed by atoms with van der Waals surface area (Å²) in [5.74, 6) is 1.71. The number of nitrogens with zero attached hydrogens (tertiary/aromatic N) is 1. The number of fused-ring (bicyclic) bond motifs is 1. The van der Waals surface area contributed by atoms with Gasteiger partial charge in [-0.05, 0) is 37.7 Å². The minimum atomic E-state index is -0.376. The van der Waals surface area contributed by atoms with E-state index in [0.29, 0.717) is 6.04 Å². The highest BCUT2D eigenvalue weighted by molar-refractivity contribution is 5.49. The van der Waals surface area contributed by atoms with E-state index in [2.05, 4.69) is 37.1 Å². The number of benzene rings is 1. The van der Waals surface area contributed by atoms with Crippen molar-refractivity contribution in [3.63, 3.8) is 0 Å². The molecule has 0 unspecified atom stereocenters. The van der Waals surface area contributed by atoms with Crippen LogP contribution in [0.5, 0.6) is 11.5 Å². The van der Waals surface area contributed by atoms with E-state index in [1.165, 1.54) is 5.56 Å². The monoisotopic (exact) mass is 303 g/mol. The third-order valence-electron chi connectivity index (χ3n) is 5.43. The molecule has 4 heteroatoms. The fourth-order valence-corrected chi connectivity index (χ4v) is 4.26. The van der Waals surface area contributed by atoms with E-state index in [0.717, 1.165) is 24.5 Å². The molecular weight excluding hydrogens is 278 g/mol. The molecule has 0 radical (unpaired) electrons. The fourth-order valence-electron chi connectivity index (χ4n) is 4.26. The van der Waals surface area contributed by atoms with Gasteiger partial charge >= 0.3 is 0 Å². The molecule has 1 N–H and O–H groups in total. The predicted octanol–water partition coefficient (Wildman–Crippen LogP) is 2.21. The van der Waals surface area contributed by atoms with Gasteiger partial charge in [0, 0.05) is 17.4 Å². The summed E-state index contributed by atoms with van der Waals surface area (Å²) in [5, 5.41) is 10.2. The summed E-state index contributed by atoms with van der Waals surface area (Å²) in [5.41, 5.74) is 1.17. The van der Waals surface area contributed by atoms with Crippen LogP contribution >= 0.6 is 0 Å². The van der Waals surface area contributed by atoms with Crippen LogP contribution in [0.3, 0.4) is 0 Å². The van der Waals surface area contributed by atoms with Crippen molar-refractivity contribution in [3.05, 3.63) is 35.9 Å². The molecule has 0 saturated carbocycles. The van der Waals surface area contributed by atoms with Crippen molar-refractivity contribution in [2.24, 2.45) is 5.92 Å². The van der Waals surface area contributed by atoms with Gasteiger partial charge in [-0.3, -0.25) is 0 Å². The second kappa shape index (κ2) is 5.60. The third-order valence-corrected chi connectivity index (χ3v) is 5.43. The lowest BCUT2D eigenvalue weighted by Gasteiger charge is -2.44. The zero-order valence-corrected chi connectivity index (χ0v) is 13.7. The van der Waals surface area contributed by atoms with Crippen molar-refractivity contribution in [1.82, 2.24) is 4.90 Å². The highest BCUT2D eigenvalue weighted by Gasteiger charge is 2.51. The van der Waals surface area contributed by atoms with Gasteiger partial charge in [0.1, 0.15) is 0 Å². The first-order valence-corrected chi connectivity index (χ1v) is 7.83. The molecule has 0 bridgehead atoms. The van der Waals surface area contributed by atoms with Crippen LogP contribution < -0.4 is 9.47 Å². The molecule has 0 spiro atoms. The first-order chi connectivity index (χ1) is 10.5. The van der Waals surface area contributed by atoms with Crippen LogP contribution in [-0.2, 0) is 5.41 Å². The van der Waals surface area contributed by atoms with Gasteiger partial charge in [-0.15, -0.1) is 0 Å². The van der Waals surface area contributed by atoms with Crippen molar-refractivity contribution >= 4 is 0 Å². The number of likely N-dealkylation sites (N-methyl/N-ethyl adjacent to an activating group) is 1. The number of likely N-dealkylation sites (tertiary alicyclic amines) is 1. The minimum Gasteiger partial charge on any atom is -0.493 e. The second-order valence-corrected chi connectivity index (χ2v) is 6.49. The van der Waals surface area contributed by atoms with Crippen LogP contribution in [0.15, 0.2) is 30.4 Å². The van der Waals surface area contributed by atoms with Crippen LogP contribution in [0, 0.1) is 5.92 Å². The van der Waals surface area contributed by atoms with Crippen LogP contribution in [0.4, 0.5) is 0 Å². The lowest BCUT2D eigenvalue weighted by molar-refractivity contribution is 0.0751. The summed E-state index contributed by atoms with van der Waals surface area (Å²) in [6, 6.07) is 6.48. The number of methoxy groups -OCH3 is 2. The second-order valence-electron chi connectivity index (χ2n) is 6.49. The molecule has 1 aromatic carbocycles. The topological polar surface area (TPSA) is 41.9 Å². The maximum Gasteiger partial charge on any atom is 0.161 e. The average Bonchev–Trinajstić information content (AvgIpc) is 2.89. The number of hydrogen-bond acceptors (Lipinski definition) is 4. The Labute approximate surface area is 132 Å². The van der Waals surface area contributed by atoms with Crippen molar-refractivity contribution < 1.29 is 14.6 Å². The highest BCUT2D eigenvalue weighted by Crippen LogP contribution is 2.48. The molecule has 4 atom stereocenters.